The van der Waals surface area contributed by atoms with Crippen molar-refractivity contribution in [2.45, 2.75) is 78.7 Å². The Labute approximate surface area is 114 Å². The van der Waals surface area contributed by atoms with E-state index in [2.05, 4.69) is 33.0 Å². The molecule has 0 aromatic carbocycles. The third-order valence-corrected chi connectivity index (χ3v) is 3.58. The van der Waals surface area contributed by atoms with Gasteiger partial charge in [0.1, 0.15) is 0 Å². The van der Waals surface area contributed by atoms with Gasteiger partial charge in [-0.2, -0.15) is 0 Å². The minimum Gasteiger partial charge on any atom is -0.313 e. The molecule has 0 spiro atoms. The fraction of sp³-hybridized carbons (Fsp3) is 1.00. The summed E-state index contributed by atoms with van der Waals surface area (Å²) < 4.78 is 0. The van der Waals surface area contributed by atoms with Gasteiger partial charge in [0.2, 0.25) is 0 Å². The summed E-state index contributed by atoms with van der Waals surface area (Å²) in [6.45, 7) is 10.3. The van der Waals surface area contributed by atoms with Gasteiger partial charge in [-0.1, -0.05) is 59.8 Å². The Balaban J connectivity index is 3.55. The molecule has 0 aliphatic carbocycles. The first-order chi connectivity index (χ1) is 8.02. The SMILES string of the molecule is CCCCCCCCNC(CCCl)C(C)(C)C. The number of nitrogens with one attached hydrogen (secondary N) is 1. The summed E-state index contributed by atoms with van der Waals surface area (Å²) in [6, 6.07) is 0.552. The Kier molecular flexibility index (Phi) is 10.3. The standard InChI is InChI=1S/C15H32ClN/c1-5-6-7-8-9-10-13-17-14(11-12-16)15(2,3)4/h14,17H,5-13H2,1-4H3. The van der Waals surface area contributed by atoms with Gasteiger partial charge in [-0.05, 0) is 24.8 Å². The van der Waals surface area contributed by atoms with E-state index in [4.69, 9.17) is 11.6 Å². The largest absolute Gasteiger partial charge is 0.313 e. The molecule has 0 heterocycles. The van der Waals surface area contributed by atoms with Crippen LogP contribution < -0.4 is 5.32 Å². The highest BCUT2D eigenvalue weighted by Crippen LogP contribution is 2.22. The molecular weight excluding hydrogens is 230 g/mol. The first-order valence-corrected chi connectivity index (χ1v) is 7.85. The number of rotatable bonds is 10. The van der Waals surface area contributed by atoms with Gasteiger partial charge in [-0.25, -0.2) is 0 Å². The summed E-state index contributed by atoms with van der Waals surface area (Å²) in [5.41, 5.74) is 0.317. The summed E-state index contributed by atoms with van der Waals surface area (Å²) in [4.78, 5) is 0. The van der Waals surface area contributed by atoms with E-state index in [9.17, 15) is 0 Å². The molecule has 0 amide bonds. The monoisotopic (exact) mass is 261 g/mol. The van der Waals surface area contributed by atoms with Crippen molar-refractivity contribution in [2.75, 3.05) is 12.4 Å². The van der Waals surface area contributed by atoms with Crippen molar-refractivity contribution in [2.24, 2.45) is 5.41 Å². The van der Waals surface area contributed by atoms with E-state index in [0.29, 0.717) is 11.5 Å². The van der Waals surface area contributed by atoms with E-state index < -0.39 is 0 Å². The predicted molar refractivity (Wildman–Crippen MR) is 80.0 cm³/mol. The molecule has 104 valence electrons. The van der Waals surface area contributed by atoms with Crippen LogP contribution in [0.5, 0.6) is 0 Å². The quantitative estimate of drug-likeness (QED) is 0.432. The second-order valence-corrected chi connectivity index (χ2v) is 6.50. The topological polar surface area (TPSA) is 12.0 Å². The van der Waals surface area contributed by atoms with E-state index in [0.717, 1.165) is 18.8 Å². The number of hydrogen-bond acceptors (Lipinski definition) is 1. The van der Waals surface area contributed by atoms with Gasteiger partial charge in [-0.15, -0.1) is 11.6 Å². The second kappa shape index (κ2) is 10.2. The molecule has 0 aromatic rings. The van der Waals surface area contributed by atoms with Crippen LogP contribution in [-0.4, -0.2) is 18.5 Å². The predicted octanol–water partition coefficient (Wildman–Crippen LogP) is 4.98. The molecular formula is C15H32ClN. The maximum Gasteiger partial charge on any atom is 0.0238 e. The Morgan fingerprint density at radius 3 is 2.12 bits per heavy atom. The first kappa shape index (κ1) is 17.2. The van der Waals surface area contributed by atoms with Gasteiger partial charge in [0, 0.05) is 11.9 Å². The van der Waals surface area contributed by atoms with E-state index >= 15 is 0 Å². The lowest BCUT2D eigenvalue weighted by Crippen LogP contribution is -2.41. The molecule has 0 bridgehead atoms. The summed E-state index contributed by atoms with van der Waals surface area (Å²) >= 11 is 5.86. The minimum absolute atomic E-state index is 0.317. The van der Waals surface area contributed by atoms with E-state index in [1.807, 2.05) is 0 Å². The first-order valence-electron chi connectivity index (χ1n) is 7.31. The van der Waals surface area contributed by atoms with Gasteiger partial charge >= 0.3 is 0 Å². The fourth-order valence-corrected chi connectivity index (χ4v) is 2.35. The van der Waals surface area contributed by atoms with Crippen LogP contribution >= 0.6 is 11.6 Å². The second-order valence-electron chi connectivity index (χ2n) is 6.12. The zero-order valence-corrected chi connectivity index (χ0v) is 13.1. The third kappa shape index (κ3) is 9.91. The lowest BCUT2D eigenvalue weighted by atomic mass is 9.85. The summed E-state index contributed by atoms with van der Waals surface area (Å²) in [6.07, 6.45) is 9.26. The van der Waals surface area contributed by atoms with Crippen molar-refractivity contribution in [1.82, 2.24) is 5.32 Å². The van der Waals surface area contributed by atoms with Crippen LogP contribution in [0.2, 0.25) is 0 Å². The number of hydrogen-bond donors (Lipinski definition) is 1. The van der Waals surface area contributed by atoms with Crippen molar-refractivity contribution in [1.29, 1.82) is 0 Å². The van der Waals surface area contributed by atoms with Crippen molar-refractivity contribution in [3.63, 3.8) is 0 Å². The minimum atomic E-state index is 0.317. The average molecular weight is 262 g/mol. The number of alkyl halides is 1. The van der Waals surface area contributed by atoms with Crippen LogP contribution in [0.25, 0.3) is 0 Å². The van der Waals surface area contributed by atoms with Crippen molar-refractivity contribution in [3.8, 4) is 0 Å². The van der Waals surface area contributed by atoms with Gasteiger partial charge < -0.3 is 5.32 Å². The van der Waals surface area contributed by atoms with Gasteiger partial charge in [0.05, 0.1) is 0 Å². The highest BCUT2D eigenvalue weighted by atomic mass is 35.5. The molecule has 0 saturated heterocycles. The van der Waals surface area contributed by atoms with Gasteiger partial charge in [0.25, 0.3) is 0 Å². The number of unbranched alkanes of at least 4 members (excludes halogenated alkanes) is 5. The smallest absolute Gasteiger partial charge is 0.0238 e. The Hall–Kier alpha value is 0.250. The van der Waals surface area contributed by atoms with Crippen molar-refractivity contribution < 1.29 is 0 Å². The number of halogens is 1. The Bertz CT molecular complexity index is 163. The van der Waals surface area contributed by atoms with Crippen LogP contribution in [0, 0.1) is 5.41 Å². The molecule has 2 heteroatoms. The van der Waals surface area contributed by atoms with Gasteiger partial charge in [0.15, 0.2) is 0 Å². The Morgan fingerprint density at radius 2 is 1.59 bits per heavy atom. The zero-order valence-electron chi connectivity index (χ0n) is 12.3. The van der Waals surface area contributed by atoms with Crippen LogP contribution in [0.4, 0.5) is 0 Å². The molecule has 0 aliphatic rings. The molecule has 0 saturated carbocycles. The molecule has 0 aliphatic heterocycles. The zero-order chi connectivity index (χ0) is 13.1. The van der Waals surface area contributed by atoms with E-state index in [1.165, 1.54) is 38.5 Å². The van der Waals surface area contributed by atoms with E-state index in [1.54, 1.807) is 0 Å². The van der Waals surface area contributed by atoms with Crippen molar-refractivity contribution in [3.05, 3.63) is 0 Å². The summed E-state index contributed by atoms with van der Waals surface area (Å²) in [7, 11) is 0. The fourth-order valence-electron chi connectivity index (χ4n) is 2.13. The van der Waals surface area contributed by atoms with Crippen LogP contribution in [-0.2, 0) is 0 Å². The molecule has 0 fully saturated rings. The molecule has 1 N–H and O–H groups in total. The van der Waals surface area contributed by atoms with E-state index in [-0.39, 0.29) is 0 Å². The maximum atomic E-state index is 5.86. The van der Waals surface area contributed by atoms with Crippen LogP contribution in [0.1, 0.15) is 72.6 Å². The molecule has 17 heavy (non-hydrogen) atoms. The Morgan fingerprint density at radius 1 is 1.00 bits per heavy atom. The molecule has 0 radical (unpaired) electrons. The maximum absolute atomic E-state index is 5.86. The lowest BCUT2D eigenvalue weighted by Gasteiger charge is -2.31. The molecule has 0 rings (SSSR count). The van der Waals surface area contributed by atoms with Crippen LogP contribution in [0.15, 0.2) is 0 Å². The van der Waals surface area contributed by atoms with Gasteiger partial charge in [-0.3, -0.25) is 0 Å². The average Bonchev–Trinajstić information content (AvgIpc) is 2.25. The highest BCUT2D eigenvalue weighted by molar-refractivity contribution is 6.17. The normalized spacial score (nSPS) is 13.9. The molecule has 1 nitrogen and oxygen atoms in total. The van der Waals surface area contributed by atoms with Crippen molar-refractivity contribution >= 4 is 11.6 Å². The third-order valence-electron chi connectivity index (χ3n) is 3.36. The highest BCUT2D eigenvalue weighted by Gasteiger charge is 2.22. The summed E-state index contributed by atoms with van der Waals surface area (Å²) in [5.74, 6) is 0.755. The molecule has 0 aromatic heterocycles. The molecule has 1 atom stereocenters. The molecule has 1 unspecified atom stereocenters. The lowest BCUT2D eigenvalue weighted by molar-refractivity contribution is 0.261. The van der Waals surface area contributed by atoms with Crippen LogP contribution in [0.3, 0.4) is 0 Å². The summed E-state index contributed by atoms with van der Waals surface area (Å²) in [5, 5.41) is 3.67.